The third-order valence-corrected chi connectivity index (χ3v) is 7.09. The molecule has 3 aromatic carbocycles. The molecule has 0 aliphatic heterocycles. The van der Waals surface area contributed by atoms with Crippen molar-refractivity contribution < 1.29 is 27.6 Å². The average Bonchev–Trinajstić information content (AvgIpc) is 2.96. The number of primary amides is 1. The van der Waals surface area contributed by atoms with Crippen LogP contribution in [0, 0.1) is 13.8 Å². The molecule has 1 fully saturated rings. The first kappa shape index (κ1) is 32.3. The lowest BCUT2D eigenvalue weighted by atomic mass is 9.90. The van der Waals surface area contributed by atoms with Crippen LogP contribution in [0.25, 0.3) is 0 Å². The first-order chi connectivity index (χ1) is 19.9. The van der Waals surface area contributed by atoms with Crippen LogP contribution in [0.15, 0.2) is 72.8 Å². The Kier molecular flexibility index (Phi) is 11.7. The molecule has 4 rings (SSSR count). The number of hydrogen-bond acceptors (Lipinski definition) is 4. The van der Waals surface area contributed by atoms with Gasteiger partial charge in [-0.1, -0.05) is 60.9 Å². The van der Waals surface area contributed by atoms with E-state index in [-0.39, 0.29) is 36.0 Å². The fraction of sp³-hybridized carbons (Fsp3) is 0.344. The number of rotatable bonds is 8. The van der Waals surface area contributed by atoms with Crippen molar-refractivity contribution in [2.24, 2.45) is 5.73 Å². The van der Waals surface area contributed by atoms with Gasteiger partial charge >= 0.3 is 6.18 Å². The summed E-state index contributed by atoms with van der Waals surface area (Å²) in [5.41, 5.74) is 8.13. The van der Waals surface area contributed by atoms with Gasteiger partial charge in [0, 0.05) is 29.8 Å². The van der Waals surface area contributed by atoms with Crippen molar-refractivity contribution in [3.05, 3.63) is 106 Å². The predicted molar refractivity (Wildman–Crippen MR) is 156 cm³/mol. The van der Waals surface area contributed by atoms with Crippen molar-refractivity contribution in [1.82, 2.24) is 16.0 Å². The van der Waals surface area contributed by atoms with Gasteiger partial charge in [-0.05, 0) is 68.1 Å². The molecule has 0 bridgehead atoms. The predicted octanol–water partition coefficient (Wildman–Crippen LogP) is 5.05. The van der Waals surface area contributed by atoms with E-state index in [4.69, 9.17) is 5.73 Å². The molecular weight excluding hydrogens is 545 g/mol. The van der Waals surface area contributed by atoms with Gasteiger partial charge in [-0.25, -0.2) is 0 Å². The fourth-order valence-corrected chi connectivity index (χ4v) is 4.79. The Morgan fingerprint density at radius 2 is 1.52 bits per heavy atom. The number of nitrogens with one attached hydrogen (secondary N) is 3. The second-order valence-electron chi connectivity index (χ2n) is 10.4. The number of nitrogens with two attached hydrogens (primary N) is 1. The van der Waals surface area contributed by atoms with E-state index in [0.717, 1.165) is 37.8 Å². The number of amides is 3. The van der Waals surface area contributed by atoms with Crippen LogP contribution in [0.5, 0.6) is 0 Å². The minimum Gasteiger partial charge on any atom is -0.366 e. The van der Waals surface area contributed by atoms with Crippen molar-refractivity contribution in [2.75, 3.05) is 6.54 Å². The van der Waals surface area contributed by atoms with Gasteiger partial charge in [0.15, 0.2) is 0 Å². The van der Waals surface area contributed by atoms with E-state index in [9.17, 15) is 27.6 Å². The highest BCUT2D eigenvalue weighted by Gasteiger charge is 2.31. The second-order valence-corrected chi connectivity index (χ2v) is 10.4. The van der Waals surface area contributed by atoms with Gasteiger partial charge in [0.25, 0.3) is 5.91 Å². The summed E-state index contributed by atoms with van der Waals surface area (Å²) in [4.78, 5) is 35.1. The van der Waals surface area contributed by atoms with Gasteiger partial charge in [-0.15, -0.1) is 0 Å². The fourth-order valence-electron chi connectivity index (χ4n) is 4.79. The lowest BCUT2D eigenvalue weighted by Crippen LogP contribution is -2.53. The molecule has 0 spiro atoms. The second kappa shape index (κ2) is 15.2. The minimum atomic E-state index is -4.53. The highest BCUT2D eigenvalue weighted by atomic mass is 19.4. The van der Waals surface area contributed by atoms with Crippen molar-refractivity contribution in [1.29, 1.82) is 0 Å². The van der Waals surface area contributed by atoms with Gasteiger partial charge in [0.05, 0.1) is 12.1 Å². The molecule has 42 heavy (non-hydrogen) atoms. The summed E-state index contributed by atoms with van der Waals surface area (Å²) in [6, 6.07) is 19.3. The molecule has 2 unspecified atom stereocenters. The zero-order chi connectivity index (χ0) is 30.7. The van der Waals surface area contributed by atoms with E-state index in [1.807, 2.05) is 6.07 Å². The largest absolute Gasteiger partial charge is 0.416 e. The van der Waals surface area contributed by atoms with E-state index in [2.05, 4.69) is 48.0 Å². The Hall–Kier alpha value is -4.18. The Labute approximate surface area is 244 Å². The molecule has 0 radical (unpaired) electrons. The molecule has 0 heterocycles. The van der Waals surface area contributed by atoms with Crippen LogP contribution in [-0.2, 0) is 17.5 Å². The molecule has 1 aliphatic carbocycles. The summed E-state index contributed by atoms with van der Waals surface area (Å²) in [6.07, 6.45) is -0.690. The van der Waals surface area contributed by atoms with Gasteiger partial charge in [0.1, 0.15) is 0 Å². The number of carbonyl (C=O) groups is 3. The molecule has 3 amide bonds. The van der Waals surface area contributed by atoms with E-state index in [1.54, 1.807) is 24.3 Å². The molecule has 1 saturated carbocycles. The quantitative estimate of drug-likeness (QED) is 0.298. The highest BCUT2D eigenvalue weighted by molar-refractivity contribution is 5.96. The Balaban J connectivity index is 0.000000458. The minimum absolute atomic E-state index is 0.0672. The molecule has 1 aliphatic rings. The molecule has 7 nitrogen and oxygen atoms in total. The summed E-state index contributed by atoms with van der Waals surface area (Å²) in [5, 5.41) is 8.95. The number of carbonyl (C=O) groups excluding carboxylic acids is 3. The lowest BCUT2D eigenvalue weighted by Gasteiger charge is -2.33. The Morgan fingerprint density at radius 3 is 2.14 bits per heavy atom. The van der Waals surface area contributed by atoms with Crippen LogP contribution in [-0.4, -0.2) is 36.3 Å². The third-order valence-electron chi connectivity index (χ3n) is 7.09. The first-order valence-corrected chi connectivity index (χ1v) is 13.8. The van der Waals surface area contributed by atoms with Crippen molar-refractivity contribution in [3.63, 3.8) is 0 Å². The SMILES string of the molecule is Cc1ccc(CNC2CCCCC2NC(=O)CNC(=O)c2cccc(C(F)(F)F)c2)c(C)c1.NC(=O)c1ccccc1. The van der Waals surface area contributed by atoms with Gasteiger partial charge < -0.3 is 21.7 Å². The Bertz CT molecular complexity index is 1360. The lowest BCUT2D eigenvalue weighted by molar-refractivity contribution is -0.137. The number of aryl methyl sites for hydroxylation is 2. The topological polar surface area (TPSA) is 113 Å². The van der Waals surface area contributed by atoms with Crippen LogP contribution in [0.1, 0.15) is 68.7 Å². The number of hydrogen-bond donors (Lipinski definition) is 4. The van der Waals surface area contributed by atoms with E-state index in [0.29, 0.717) is 12.1 Å². The summed E-state index contributed by atoms with van der Waals surface area (Å²) in [7, 11) is 0. The van der Waals surface area contributed by atoms with Gasteiger partial charge in [-0.3, -0.25) is 14.4 Å². The van der Waals surface area contributed by atoms with Crippen LogP contribution in [0.3, 0.4) is 0 Å². The number of halogens is 3. The summed E-state index contributed by atoms with van der Waals surface area (Å²) in [6.45, 7) is 4.55. The standard InChI is InChI=1S/C25H30F3N3O2.C7H7NO/c1-16-10-11-19(17(2)12-16)14-29-21-8-3-4-9-22(21)31-23(32)15-30-24(33)18-6-5-7-20(13-18)25(26,27)28;8-7(9)6-4-2-1-3-5-6/h5-7,10-13,21-22,29H,3-4,8-9,14-15H2,1-2H3,(H,30,33)(H,31,32);1-5H,(H2,8,9). The Morgan fingerprint density at radius 1 is 0.857 bits per heavy atom. The number of benzene rings is 3. The van der Waals surface area contributed by atoms with Crippen LogP contribution in [0.4, 0.5) is 13.2 Å². The van der Waals surface area contributed by atoms with E-state index < -0.39 is 17.6 Å². The molecule has 0 saturated heterocycles. The summed E-state index contributed by atoms with van der Waals surface area (Å²) >= 11 is 0. The maximum atomic E-state index is 12.9. The molecular formula is C32H37F3N4O3. The molecule has 5 N–H and O–H groups in total. The summed E-state index contributed by atoms with van der Waals surface area (Å²) in [5.74, 6) is -1.46. The maximum Gasteiger partial charge on any atom is 0.416 e. The summed E-state index contributed by atoms with van der Waals surface area (Å²) < 4.78 is 38.6. The highest BCUT2D eigenvalue weighted by Crippen LogP contribution is 2.29. The normalized spacial score (nSPS) is 16.5. The smallest absolute Gasteiger partial charge is 0.366 e. The van der Waals surface area contributed by atoms with Crippen molar-refractivity contribution >= 4 is 17.7 Å². The zero-order valence-corrected chi connectivity index (χ0v) is 23.8. The van der Waals surface area contributed by atoms with Gasteiger partial charge in [-0.2, -0.15) is 13.2 Å². The van der Waals surface area contributed by atoms with Gasteiger partial charge in [0.2, 0.25) is 11.8 Å². The molecule has 224 valence electrons. The van der Waals surface area contributed by atoms with Crippen LogP contribution >= 0.6 is 0 Å². The first-order valence-electron chi connectivity index (χ1n) is 13.8. The monoisotopic (exact) mass is 582 g/mol. The van der Waals surface area contributed by atoms with Crippen LogP contribution < -0.4 is 21.7 Å². The third kappa shape index (κ3) is 10.0. The molecule has 2 atom stereocenters. The van der Waals surface area contributed by atoms with Crippen LogP contribution in [0.2, 0.25) is 0 Å². The zero-order valence-electron chi connectivity index (χ0n) is 23.8. The van der Waals surface area contributed by atoms with Crippen molar-refractivity contribution in [2.45, 2.75) is 64.3 Å². The average molecular weight is 583 g/mol. The molecule has 10 heteroatoms. The van der Waals surface area contributed by atoms with Crippen molar-refractivity contribution in [3.8, 4) is 0 Å². The number of alkyl halides is 3. The molecule has 0 aromatic heterocycles. The van der Waals surface area contributed by atoms with E-state index >= 15 is 0 Å². The van der Waals surface area contributed by atoms with E-state index in [1.165, 1.54) is 28.8 Å². The molecule has 3 aromatic rings. The maximum absolute atomic E-state index is 12.9.